The Morgan fingerprint density at radius 1 is 1.04 bits per heavy atom. The summed E-state index contributed by atoms with van der Waals surface area (Å²) in [5.41, 5.74) is -0.0675. The van der Waals surface area contributed by atoms with E-state index in [-0.39, 0.29) is 28.5 Å². The maximum atomic E-state index is 11.8. The van der Waals surface area contributed by atoms with Gasteiger partial charge in [0, 0.05) is 12.7 Å². The molecule has 0 aliphatic carbocycles. The van der Waals surface area contributed by atoms with Gasteiger partial charge in [0.1, 0.15) is 6.33 Å². The van der Waals surface area contributed by atoms with Crippen LogP contribution in [0.5, 0.6) is 0 Å². The van der Waals surface area contributed by atoms with Gasteiger partial charge in [-0.15, -0.1) is 0 Å². The van der Waals surface area contributed by atoms with Gasteiger partial charge in [-0.05, 0) is 18.2 Å². The highest BCUT2D eigenvalue weighted by Gasteiger charge is 2.23. The molecule has 0 amide bonds. The molecule has 0 fully saturated rings. The van der Waals surface area contributed by atoms with Gasteiger partial charge in [0.2, 0.25) is 11.6 Å². The van der Waals surface area contributed by atoms with Gasteiger partial charge in [-0.2, -0.15) is 0 Å². The van der Waals surface area contributed by atoms with Crippen molar-refractivity contribution in [2.45, 2.75) is 0 Å². The first-order valence-electron chi connectivity index (χ1n) is 7.17. The van der Waals surface area contributed by atoms with Crippen molar-refractivity contribution in [1.29, 1.82) is 0 Å². The van der Waals surface area contributed by atoms with Crippen LogP contribution < -0.4 is 10.6 Å². The van der Waals surface area contributed by atoms with Crippen LogP contribution in [0.4, 0.5) is 23.0 Å². The quantitative estimate of drug-likeness (QED) is 0.443. The van der Waals surface area contributed by atoms with Gasteiger partial charge in [0.05, 0.1) is 30.3 Å². The molecule has 2 rings (SSSR count). The molecular formula is C15H15N5O6. The molecule has 2 N–H and O–H groups in total. The summed E-state index contributed by atoms with van der Waals surface area (Å²) in [5.74, 6) is -1.49. The molecule has 11 heteroatoms. The maximum Gasteiger partial charge on any atom is 0.353 e. The Hall–Kier alpha value is -3.76. The first-order chi connectivity index (χ1) is 12.4. The summed E-state index contributed by atoms with van der Waals surface area (Å²) in [5, 5.41) is 16.7. The third kappa shape index (κ3) is 3.83. The molecular weight excluding hydrogens is 346 g/mol. The molecule has 0 radical (unpaired) electrons. The Labute approximate surface area is 147 Å². The minimum absolute atomic E-state index is 0.00446. The van der Waals surface area contributed by atoms with Gasteiger partial charge >= 0.3 is 17.6 Å². The van der Waals surface area contributed by atoms with Gasteiger partial charge in [0.15, 0.2) is 0 Å². The largest absolute Gasteiger partial charge is 0.465 e. The number of rotatable bonds is 6. The number of nitrogens with one attached hydrogen (secondary N) is 2. The van der Waals surface area contributed by atoms with Gasteiger partial charge in [-0.25, -0.2) is 19.6 Å². The minimum atomic E-state index is -0.688. The summed E-state index contributed by atoms with van der Waals surface area (Å²) in [6.45, 7) is 0. The summed E-state index contributed by atoms with van der Waals surface area (Å²) in [6.07, 6.45) is 1.13. The number of hydrogen-bond acceptors (Lipinski definition) is 10. The Balaban J connectivity index is 2.54. The Morgan fingerprint density at radius 2 is 1.58 bits per heavy atom. The summed E-state index contributed by atoms with van der Waals surface area (Å²) in [4.78, 5) is 41.9. The highest BCUT2D eigenvalue weighted by molar-refractivity contribution is 5.97. The Kier molecular flexibility index (Phi) is 5.63. The van der Waals surface area contributed by atoms with E-state index in [1.54, 1.807) is 0 Å². The number of aromatic nitrogens is 2. The molecule has 0 saturated heterocycles. The van der Waals surface area contributed by atoms with Crippen LogP contribution in [0.15, 0.2) is 24.5 Å². The summed E-state index contributed by atoms with van der Waals surface area (Å²) in [7, 11) is 3.86. The molecule has 0 bridgehead atoms. The maximum absolute atomic E-state index is 11.8. The zero-order valence-corrected chi connectivity index (χ0v) is 14.1. The molecule has 1 heterocycles. The van der Waals surface area contributed by atoms with Crippen LogP contribution in [-0.4, -0.2) is 48.1 Å². The van der Waals surface area contributed by atoms with E-state index in [1.165, 1.54) is 39.5 Å². The van der Waals surface area contributed by atoms with Crippen molar-refractivity contribution in [2.24, 2.45) is 0 Å². The van der Waals surface area contributed by atoms with Crippen molar-refractivity contribution in [3.05, 3.63) is 45.8 Å². The molecule has 11 nitrogen and oxygen atoms in total. The van der Waals surface area contributed by atoms with E-state index in [0.717, 1.165) is 6.33 Å². The third-order valence-corrected chi connectivity index (χ3v) is 3.28. The number of anilines is 3. The fourth-order valence-electron chi connectivity index (χ4n) is 2.13. The van der Waals surface area contributed by atoms with Crippen LogP contribution in [0.25, 0.3) is 0 Å². The summed E-state index contributed by atoms with van der Waals surface area (Å²) in [6, 6.07) is 4.02. The number of methoxy groups -OCH3 is 2. The zero-order valence-electron chi connectivity index (χ0n) is 14.1. The van der Waals surface area contributed by atoms with E-state index in [9.17, 15) is 19.7 Å². The lowest BCUT2D eigenvalue weighted by atomic mass is 10.1. The Morgan fingerprint density at radius 3 is 2.04 bits per heavy atom. The second kappa shape index (κ2) is 7.88. The number of hydrogen-bond donors (Lipinski definition) is 2. The predicted octanol–water partition coefficient (Wildman–Crippen LogP) is 1.74. The summed E-state index contributed by atoms with van der Waals surface area (Å²) >= 11 is 0. The van der Waals surface area contributed by atoms with Crippen LogP contribution in [0.1, 0.15) is 20.7 Å². The number of carbonyl (C=O) groups is 2. The molecule has 0 saturated carbocycles. The van der Waals surface area contributed by atoms with E-state index in [1.807, 2.05) is 0 Å². The molecule has 26 heavy (non-hydrogen) atoms. The average Bonchev–Trinajstić information content (AvgIpc) is 2.65. The van der Waals surface area contributed by atoms with E-state index < -0.39 is 22.5 Å². The molecule has 0 unspecified atom stereocenters. The lowest BCUT2D eigenvalue weighted by molar-refractivity contribution is -0.383. The topological polar surface area (TPSA) is 146 Å². The Bertz CT molecular complexity index is 835. The highest BCUT2D eigenvalue weighted by Crippen LogP contribution is 2.31. The molecule has 1 aromatic carbocycles. The molecule has 0 aliphatic rings. The van der Waals surface area contributed by atoms with Gasteiger partial charge in [-0.3, -0.25) is 10.1 Å². The van der Waals surface area contributed by atoms with Crippen molar-refractivity contribution in [1.82, 2.24) is 9.97 Å². The van der Waals surface area contributed by atoms with Crippen LogP contribution in [-0.2, 0) is 9.47 Å². The van der Waals surface area contributed by atoms with Crippen LogP contribution >= 0.6 is 0 Å². The van der Waals surface area contributed by atoms with Crippen LogP contribution in [0.3, 0.4) is 0 Å². The summed E-state index contributed by atoms with van der Waals surface area (Å²) < 4.78 is 9.29. The molecule has 2 aromatic rings. The van der Waals surface area contributed by atoms with Gasteiger partial charge in [0.25, 0.3) is 0 Å². The van der Waals surface area contributed by atoms with Gasteiger partial charge in [-0.1, -0.05) is 0 Å². The normalized spacial score (nSPS) is 9.96. The number of carbonyl (C=O) groups excluding carboxylic acids is 2. The SMILES string of the molecule is CNc1ncnc(Nc2cc(C(=O)OC)cc(C(=O)OC)c2)c1[N+](=O)[O-]. The standard InChI is InChI=1S/C15H15N5O6/c1-16-12-11(20(23)24)13(18-7-17-12)19-10-5-8(14(21)25-2)4-9(6-10)15(22)26-3/h4-7H,1-3H3,(H2,16,17,18,19). The lowest BCUT2D eigenvalue weighted by Gasteiger charge is -2.11. The van der Waals surface area contributed by atoms with Crippen molar-refractivity contribution in [3.63, 3.8) is 0 Å². The van der Waals surface area contributed by atoms with E-state index >= 15 is 0 Å². The van der Waals surface area contributed by atoms with E-state index in [2.05, 4.69) is 30.1 Å². The van der Waals surface area contributed by atoms with Gasteiger partial charge < -0.3 is 20.1 Å². The fraction of sp³-hybridized carbons (Fsp3) is 0.200. The number of benzene rings is 1. The number of nitrogens with zero attached hydrogens (tertiary/aromatic N) is 3. The predicted molar refractivity (Wildman–Crippen MR) is 90.6 cm³/mol. The number of nitro groups is 1. The zero-order chi connectivity index (χ0) is 19.3. The first kappa shape index (κ1) is 18.6. The molecule has 0 spiro atoms. The van der Waals surface area contributed by atoms with Crippen molar-refractivity contribution >= 4 is 34.9 Å². The fourth-order valence-corrected chi connectivity index (χ4v) is 2.13. The third-order valence-electron chi connectivity index (χ3n) is 3.28. The van der Waals surface area contributed by atoms with E-state index in [0.29, 0.717) is 0 Å². The molecule has 136 valence electrons. The van der Waals surface area contributed by atoms with E-state index in [4.69, 9.17) is 0 Å². The number of esters is 2. The smallest absolute Gasteiger partial charge is 0.353 e. The number of ether oxygens (including phenoxy) is 2. The van der Waals surface area contributed by atoms with Crippen molar-refractivity contribution in [2.75, 3.05) is 31.9 Å². The average molecular weight is 361 g/mol. The highest BCUT2D eigenvalue weighted by atomic mass is 16.6. The monoisotopic (exact) mass is 361 g/mol. The first-order valence-corrected chi connectivity index (χ1v) is 7.17. The van der Waals surface area contributed by atoms with Crippen LogP contribution in [0.2, 0.25) is 0 Å². The molecule has 0 aliphatic heterocycles. The van der Waals surface area contributed by atoms with Crippen molar-refractivity contribution < 1.29 is 24.0 Å². The van der Waals surface area contributed by atoms with Crippen LogP contribution in [0, 0.1) is 10.1 Å². The lowest BCUT2D eigenvalue weighted by Crippen LogP contribution is -2.09. The second-order valence-electron chi connectivity index (χ2n) is 4.83. The minimum Gasteiger partial charge on any atom is -0.465 e. The molecule has 1 aromatic heterocycles. The molecule has 0 atom stereocenters. The van der Waals surface area contributed by atoms with Crippen molar-refractivity contribution in [3.8, 4) is 0 Å². The second-order valence-corrected chi connectivity index (χ2v) is 4.83.